The molecule has 0 aliphatic carbocycles. The second-order valence-corrected chi connectivity index (χ2v) is 6.86. The van der Waals surface area contributed by atoms with E-state index in [0.717, 1.165) is 32.4 Å². The van der Waals surface area contributed by atoms with Crippen molar-refractivity contribution < 1.29 is 9.84 Å². The van der Waals surface area contributed by atoms with Crippen LogP contribution in [0.25, 0.3) is 0 Å². The Bertz CT molecular complexity index is 685. The first-order chi connectivity index (χ1) is 10.1. The predicted octanol–water partition coefficient (Wildman–Crippen LogP) is 4.46. The minimum Gasteiger partial charge on any atom is -0.493 e. The van der Waals surface area contributed by atoms with Gasteiger partial charge in [0, 0.05) is 21.4 Å². The Morgan fingerprint density at radius 3 is 3.00 bits per heavy atom. The predicted molar refractivity (Wildman–Crippen MR) is 93.2 cm³/mol. The highest BCUT2D eigenvalue weighted by Crippen LogP contribution is 2.36. The summed E-state index contributed by atoms with van der Waals surface area (Å²) in [6.45, 7) is 2.75. The van der Waals surface area contributed by atoms with Gasteiger partial charge in [-0.3, -0.25) is 0 Å². The van der Waals surface area contributed by atoms with Gasteiger partial charge in [-0.15, -0.1) is 0 Å². The molecule has 0 amide bonds. The summed E-state index contributed by atoms with van der Waals surface area (Å²) in [6, 6.07) is 9.87. The number of hydrogen-bond acceptors (Lipinski definition) is 2. The lowest BCUT2D eigenvalue weighted by atomic mass is 9.98. The van der Waals surface area contributed by atoms with Crippen LogP contribution in [-0.2, 0) is 12.8 Å². The van der Waals surface area contributed by atoms with Gasteiger partial charge in [-0.25, -0.2) is 0 Å². The van der Waals surface area contributed by atoms with E-state index in [0.29, 0.717) is 18.1 Å². The van der Waals surface area contributed by atoms with Crippen molar-refractivity contribution in [2.45, 2.75) is 25.9 Å². The van der Waals surface area contributed by atoms with E-state index in [1.165, 1.54) is 5.56 Å². The first-order valence-electron chi connectivity index (χ1n) is 6.93. The van der Waals surface area contributed by atoms with Crippen molar-refractivity contribution in [1.29, 1.82) is 0 Å². The van der Waals surface area contributed by atoms with Crippen LogP contribution >= 0.6 is 34.2 Å². The largest absolute Gasteiger partial charge is 0.493 e. The summed E-state index contributed by atoms with van der Waals surface area (Å²) >= 11 is 8.47. The van der Waals surface area contributed by atoms with Gasteiger partial charge in [-0.2, -0.15) is 0 Å². The van der Waals surface area contributed by atoms with Crippen LogP contribution in [0, 0.1) is 10.5 Å². The van der Waals surface area contributed by atoms with Gasteiger partial charge in [0.1, 0.15) is 5.75 Å². The highest BCUT2D eigenvalue weighted by molar-refractivity contribution is 14.1. The molecule has 1 aliphatic heterocycles. The number of fused-ring (bicyclic) bond motifs is 1. The van der Waals surface area contributed by atoms with E-state index in [1.54, 1.807) is 0 Å². The van der Waals surface area contributed by atoms with Gasteiger partial charge in [-0.05, 0) is 63.9 Å². The number of benzene rings is 2. The van der Waals surface area contributed by atoms with Crippen molar-refractivity contribution in [3.63, 3.8) is 0 Å². The zero-order valence-corrected chi connectivity index (χ0v) is 14.6. The van der Waals surface area contributed by atoms with E-state index in [1.807, 2.05) is 24.3 Å². The van der Waals surface area contributed by atoms with E-state index in [-0.39, 0.29) is 0 Å². The average molecular weight is 415 g/mol. The molecule has 2 aromatic carbocycles. The highest BCUT2D eigenvalue weighted by Gasteiger charge is 2.21. The minimum absolute atomic E-state index is 0.516. The fourth-order valence-electron chi connectivity index (χ4n) is 2.74. The molecule has 2 nitrogen and oxygen atoms in total. The third-order valence-electron chi connectivity index (χ3n) is 3.82. The normalized spacial score (nSPS) is 14.7. The molecule has 2 aromatic rings. The van der Waals surface area contributed by atoms with E-state index in [9.17, 15) is 5.11 Å². The van der Waals surface area contributed by atoms with Crippen LogP contribution in [0.5, 0.6) is 5.75 Å². The lowest BCUT2D eigenvalue weighted by molar-refractivity contribution is 0.176. The first kappa shape index (κ1) is 15.1. The van der Waals surface area contributed by atoms with Crippen molar-refractivity contribution in [3.8, 4) is 5.75 Å². The molecule has 1 heterocycles. The van der Waals surface area contributed by atoms with Crippen molar-refractivity contribution in [2.75, 3.05) is 6.61 Å². The molecule has 0 fully saturated rings. The second kappa shape index (κ2) is 6.15. The summed E-state index contributed by atoms with van der Waals surface area (Å²) in [7, 11) is 0. The van der Waals surface area contributed by atoms with E-state index < -0.39 is 6.10 Å². The Labute approximate surface area is 143 Å². The van der Waals surface area contributed by atoms with Crippen molar-refractivity contribution >= 4 is 34.2 Å². The van der Waals surface area contributed by atoms with E-state index in [4.69, 9.17) is 16.3 Å². The smallest absolute Gasteiger partial charge is 0.126 e. The number of aryl methyl sites for hydroxylation is 1. The number of hydrogen-bond donors (Lipinski definition) is 1. The van der Waals surface area contributed by atoms with Crippen LogP contribution in [0.3, 0.4) is 0 Å². The summed E-state index contributed by atoms with van der Waals surface area (Å²) in [5.41, 5.74) is 4.27. The summed E-state index contributed by atoms with van der Waals surface area (Å²) < 4.78 is 6.82. The Morgan fingerprint density at radius 2 is 2.19 bits per heavy atom. The summed E-state index contributed by atoms with van der Waals surface area (Å²) in [4.78, 5) is 0. The Balaban J connectivity index is 1.92. The van der Waals surface area contributed by atoms with E-state index in [2.05, 4.69) is 35.6 Å². The molecule has 0 bridgehead atoms. The van der Waals surface area contributed by atoms with Crippen LogP contribution in [0.2, 0.25) is 5.02 Å². The standard InChI is InChI=1S/C17H16ClIO2/c1-10-3-2-4-14(16(10)19)15(20)9-12-8-13(18)7-11-5-6-21-17(11)12/h2-4,7-8,15,20H,5-6,9H2,1H3. The molecule has 3 rings (SSSR count). The molecule has 0 spiro atoms. The summed E-state index contributed by atoms with van der Waals surface area (Å²) in [5, 5.41) is 11.3. The molecule has 1 unspecified atom stereocenters. The first-order valence-corrected chi connectivity index (χ1v) is 8.39. The van der Waals surface area contributed by atoms with Gasteiger partial charge in [0.15, 0.2) is 0 Å². The maximum Gasteiger partial charge on any atom is 0.126 e. The molecule has 1 atom stereocenters. The van der Waals surface area contributed by atoms with Crippen LogP contribution in [-0.4, -0.2) is 11.7 Å². The molecule has 0 saturated heterocycles. The molecule has 0 saturated carbocycles. The maximum absolute atomic E-state index is 10.6. The van der Waals surface area contributed by atoms with Gasteiger partial charge in [0.05, 0.1) is 12.7 Å². The molecule has 1 N–H and O–H groups in total. The summed E-state index contributed by atoms with van der Waals surface area (Å²) in [5.74, 6) is 0.904. The molecular weight excluding hydrogens is 399 g/mol. The SMILES string of the molecule is Cc1cccc(C(O)Cc2cc(Cl)cc3c2OCC3)c1I. The van der Waals surface area contributed by atoms with Gasteiger partial charge in [0.25, 0.3) is 0 Å². The van der Waals surface area contributed by atoms with Crippen LogP contribution in [0.1, 0.15) is 28.4 Å². The monoisotopic (exact) mass is 414 g/mol. The fourth-order valence-corrected chi connectivity index (χ4v) is 3.73. The quantitative estimate of drug-likeness (QED) is 0.751. The molecule has 21 heavy (non-hydrogen) atoms. The third kappa shape index (κ3) is 3.05. The molecule has 110 valence electrons. The zero-order valence-electron chi connectivity index (χ0n) is 11.7. The Kier molecular flexibility index (Phi) is 4.43. The number of rotatable bonds is 3. The fraction of sp³-hybridized carbons (Fsp3) is 0.294. The molecular formula is C17H16ClIO2. The molecule has 0 aromatic heterocycles. The van der Waals surface area contributed by atoms with Crippen molar-refractivity contribution in [1.82, 2.24) is 0 Å². The van der Waals surface area contributed by atoms with Crippen molar-refractivity contribution in [3.05, 3.63) is 61.2 Å². The van der Waals surface area contributed by atoms with E-state index >= 15 is 0 Å². The number of halogens is 2. The lowest BCUT2D eigenvalue weighted by Crippen LogP contribution is -2.06. The number of aliphatic hydroxyl groups excluding tert-OH is 1. The number of aliphatic hydroxyl groups is 1. The lowest BCUT2D eigenvalue weighted by Gasteiger charge is -2.16. The Morgan fingerprint density at radius 1 is 1.38 bits per heavy atom. The topological polar surface area (TPSA) is 29.5 Å². The van der Waals surface area contributed by atoms with Gasteiger partial charge in [0.2, 0.25) is 0 Å². The molecule has 0 radical (unpaired) electrons. The number of ether oxygens (including phenoxy) is 1. The van der Waals surface area contributed by atoms with Gasteiger partial charge >= 0.3 is 0 Å². The maximum atomic E-state index is 10.6. The Hall–Kier alpha value is -0.780. The minimum atomic E-state index is -0.552. The average Bonchev–Trinajstić information content (AvgIpc) is 2.90. The van der Waals surface area contributed by atoms with Crippen molar-refractivity contribution in [2.24, 2.45) is 0 Å². The van der Waals surface area contributed by atoms with Crippen LogP contribution in [0.4, 0.5) is 0 Å². The van der Waals surface area contributed by atoms with Gasteiger partial charge < -0.3 is 9.84 Å². The van der Waals surface area contributed by atoms with Gasteiger partial charge in [-0.1, -0.05) is 29.8 Å². The zero-order chi connectivity index (χ0) is 15.0. The molecule has 1 aliphatic rings. The summed E-state index contributed by atoms with van der Waals surface area (Å²) in [6.07, 6.45) is 0.854. The third-order valence-corrected chi connectivity index (χ3v) is 5.51. The second-order valence-electron chi connectivity index (χ2n) is 5.35. The van der Waals surface area contributed by atoms with Crippen LogP contribution < -0.4 is 4.74 Å². The molecule has 4 heteroatoms. The van der Waals surface area contributed by atoms with Crippen LogP contribution in [0.15, 0.2) is 30.3 Å². The highest BCUT2D eigenvalue weighted by atomic mass is 127.